The highest BCUT2D eigenvalue weighted by atomic mass is 32.2. The molecule has 3 heteroatoms. The van der Waals surface area contributed by atoms with Crippen LogP contribution in [0.15, 0.2) is 18.2 Å². The van der Waals surface area contributed by atoms with Crippen molar-refractivity contribution in [1.29, 1.82) is 0 Å². The number of hydrogen-bond acceptors (Lipinski definition) is 2. The third-order valence-corrected chi connectivity index (χ3v) is 4.04. The maximum atomic E-state index is 13.6. The zero-order chi connectivity index (χ0) is 11.8. The lowest BCUT2D eigenvalue weighted by Gasteiger charge is -2.13. The van der Waals surface area contributed by atoms with Gasteiger partial charge in [0.1, 0.15) is 11.6 Å². The van der Waals surface area contributed by atoms with Crippen LogP contribution < -0.4 is 4.74 Å². The summed E-state index contributed by atoms with van der Waals surface area (Å²) in [6.07, 6.45) is 0. The van der Waals surface area contributed by atoms with Crippen molar-refractivity contribution in [2.24, 2.45) is 5.92 Å². The molecular formula is C13H17FOS. The first-order valence-corrected chi connectivity index (χ1v) is 6.56. The Morgan fingerprint density at radius 1 is 1.50 bits per heavy atom. The molecule has 88 valence electrons. The highest BCUT2D eigenvalue weighted by Crippen LogP contribution is 2.54. The van der Waals surface area contributed by atoms with Crippen LogP contribution >= 0.6 is 11.8 Å². The number of halogens is 1. The highest BCUT2D eigenvalue weighted by molar-refractivity contribution is 8.07. The van der Waals surface area contributed by atoms with Crippen LogP contribution in [0.3, 0.4) is 0 Å². The van der Waals surface area contributed by atoms with Crippen LogP contribution in [0.4, 0.5) is 4.39 Å². The second-order valence-corrected chi connectivity index (χ2v) is 6.34. The fourth-order valence-electron chi connectivity index (χ4n) is 1.53. The Hall–Kier alpha value is -0.700. The molecule has 0 N–H and O–H groups in total. The first-order valence-electron chi connectivity index (χ1n) is 5.58. The van der Waals surface area contributed by atoms with Gasteiger partial charge < -0.3 is 4.74 Å². The molecule has 1 aromatic carbocycles. The van der Waals surface area contributed by atoms with Crippen molar-refractivity contribution in [2.45, 2.75) is 25.5 Å². The van der Waals surface area contributed by atoms with Gasteiger partial charge in [-0.2, -0.15) is 0 Å². The van der Waals surface area contributed by atoms with Crippen LogP contribution in [0.5, 0.6) is 5.75 Å². The van der Waals surface area contributed by atoms with Crippen LogP contribution in [-0.4, -0.2) is 12.4 Å². The van der Waals surface area contributed by atoms with Gasteiger partial charge in [-0.15, -0.1) is 11.8 Å². The average molecular weight is 240 g/mol. The van der Waals surface area contributed by atoms with Crippen LogP contribution in [0.1, 0.15) is 26.3 Å². The fourth-order valence-corrected chi connectivity index (χ4v) is 2.21. The predicted molar refractivity (Wildman–Crippen MR) is 66.5 cm³/mol. The van der Waals surface area contributed by atoms with Crippen LogP contribution in [-0.2, 0) is 4.75 Å². The number of benzene rings is 1. The Morgan fingerprint density at radius 3 is 2.75 bits per heavy atom. The van der Waals surface area contributed by atoms with Crippen molar-refractivity contribution in [3.05, 3.63) is 29.6 Å². The summed E-state index contributed by atoms with van der Waals surface area (Å²) in [6.45, 7) is 6.95. The number of rotatable bonds is 4. The Balaban J connectivity index is 2.16. The molecule has 1 atom stereocenters. The lowest BCUT2D eigenvalue weighted by Crippen LogP contribution is -2.07. The summed E-state index contributed by atoms with van der Waals surface area (Å²) in [5, 5.41) is 0. The predicted octanol–water partition coefficient (Wildman–Crippen LogP) is 3.82. The molecule has 1 saturated heterocycles. The second-order valence-electron chi connectivity index (χ2n) is 4.87. The molecule has 1 nitrogen and oxygen atoms in total. The van der Waals surface area contributed by atoms with Crippen molar-refractivity contribution in [3.63, 3.8) is 0 Å². The van der Waals surface area contributed by atoms with E-state index in [4.69, 9.17) is 4.74 Å². The molecule has 1 aliphatic heterocycles. The molecule has 0 amide bonds. The van der Waals surface area contributed by atoms with Crippen molar-refractivity contribution in [1.82, 2.24) is 0 Å². The second kappa shape index (κ2) is 4.28. The fraction of sp³-hybridized carbons (Fsp3) is 0.538. The van der Waals surface area contributed by atoms with E-state index < -0.39 is 0 Å². The zero-order valence-corrected chi connectivity index (χ0v) is 10.7. The summed E-state index contributed by atoms with van der Waals surface area (Å²) < 4.78 is 19.2. The van der Waals surface area contributed by atoms with Gasteiger partial charge in [-0.3, -0.25) is 0 Å². The van der Waals surface area contributed by atoms with Gasteiger partial charge in [-0.05, 0) is 31.0 Å². The number of thioether (sulfide) groups is 1. The van der Waals surface area contributed by atoms with Crippen molar-refractivity contribution in [3.8, 4) is 5.75 Å². The van der Waals surface area contributed by atoms with Crippen molar-refractivity contribution < 1.29 is 9.13 Å². The van der Waals surface area contributed by atoms with Gasteiger partial charge in [-0.25, -0.2) is 4.39 Å². The van der Waals surface area contributed by atoms with Gasteiger partial charge in [0, 0.05) is 11.3 Å². The van der Waals surface area contributed by atoms with E-state index in [0.717, 1.165) is 17.1 Å². The van der Waals surface area contributed by atoms with Crippen LogP contribution in [0, 0.1) is 11.7 Å². The summed E-state index contributed by atoms with van der Waals surface area (Å²) in [5.41, 5.74) is 0.777. The lowest BCUT2D eigenvalue weighted by atomic mass is 10.0. The molecule has 0 saturated carbocycles. The van der Waals surface area contributed by atoms with Crippen LogP contribution in [0.2, 0.25) is 0 Å². The maximum Gasteiger partial charge on any atom is 0.128 e. The summed E-state index contributed by atoms with van der Waals surface area (Å²) >= 11 is 1.78. The third kappa shape index (κ3) is 2.51. The largest absolute Gasteiger partial charge is 0.493 e. The molecular weight excluding hydrogens is 223 g/mol. The molecule has 1 fully saturated rings. The maximum absolute atomic E-state index is 13.6. The monoisotopic (exact) mass is 240 g/mol. The van der Waals surface area contributed by atoms with E-state index in [1.165, 1.54) is 6.07 Å². The molecule has 0 aromatic heterocycles. The Labute approximate surface area is 100 Å². The Kier molecular flexibility index (Phi) is 3.15. The van der Waals surface area contributed by atoms with Gasteiger partial charge in [0.25, 0.3) is 0 Å². The molecule has 1 aliphatic rings. The Bertz CT molecular complexity index is 386. The minimum atomic E-state index is -0.121. The lowest BCUT2D eigenvalue weighted by molar-refractivity contribution is 0.270. The van der Waals surface area contributed by atoms with E-state index in [-0.39, 0.29) is 10.6 Å². The molecule has 1 aromatic rings. The molecule has 0 radical (unpaired) electrons. The quantitative estimate of drug-likeness (QED) is 0.740. The molecule has 16 heavy (non-hydrogen) atoms. The summed E-state index contributed by atoms with van der Waals surface area (Å²) in [7, 11) is 0. The smallest absolute Gasteiger partial charge is 0.128 e. The molecule has 1 unspecified atom stereocenters. The van der Waals surface area contributed by atoms with E-state index in [2.05, 4.69) is 20.8 Å². The minimum Gasteiger partial charge on any atom is -0.493 e. The first-order chi connectivity index (χ1) is 7.51. The summed E-state index contributed by atoms with van der Waals surface area (Å²) in [6, 6.07) is 5.06. The van der Waals surface area contributed by atoms with E-state index in [1.807, 2.05) is 6.07 Å². The van der Waals surface area contributed by atoms with Gasteiger partial charge in [0.05, 0.1) is 11.4 Å². The van der Waals surface area contributed by atoms with Crippen LogP contribution in [0.25, 0.3) is 0 Å². The molecule has 0 aliphatic carbocycles. The highest BCUT2D eigenvalue weighted by Gasteiger charge is 2.42. The Morgan fingerprint density at radius 2 is 2.19 bits per heavy atom. The van der Waals surface area contributed by atoms with Gasteiger partial charge in [0.15, 0.2) is 0 Å². The third-order valence-electron chi connectivity index (χ3n) is 2.67. The van der Waals surface area contributed by atoms with E-state index >= 15 is 0 Å². The molecule has 2 rings (SSSR count). The minimum absolute atomic E-state index is 0.0265. The first kappa shape index (κ1) is 11.8. The van der Waals surface area contributed by atoms with Crippen molar-refractivity contribution >= 4 is 11.8 Å². The van der Waals surface area contributed by atoms with Crippen molar-refractivity contribution in [2.75, 3.05) is 12.4 Å². The van der Waals surface area contributed by atoms with E-state index in [9.17, 15) is 4.39 Å². The molecule has 1 heterocycles. The number of hydrogen-bond donors (Lipinski definition) is 0. The topological polar surface area (TPSA) is 9.23 Å². The molecule has 0 bridgehead atoms. The van der Waals surface area contributed by atoms with Gasteiger partial charge >= 0.3 is 0 Å². The molecule has 0 spiro atoms. The van der Waals surface area contributed by atoms with E-state index in [0.29, 0.717) is 12.5 Å². The average Bonchev–Trinajstić information content (AvgIpc) is 2.96. The van der Waals surface area contributed by atoms with Gasteiger partial charge in [-0.1, -0.05) is 13.8 Å². The standard InChI is InChI=1S/C13H17FOS/c1-9(2)7-15-10-4-5-12(14)11(6-10)13(3)8-16-13/h4-6,9H,7-8H2,1-3H3. The zero-order valence-electron chi connectivity index (χ0n) is 9.92. The van der Waals surface area contributed by atoms with Gasteiger partial charge in [0.2, 0.25) is 0 Å². The SMILES string of the molecule is CC(C)COc1ccc(F)c(C2(C)CS2)c1. The summed E-state index contributed by atoms with van der Waals surface area (Å²) in [4.78, 5) is 0. The normalized spacial score (nSPS) is 23.6. The summed E-state index contributed by atoms with van der Waals surface area (Å²) in [5.74, 6) is 2.14. The van der Waals surface area contributed by atoms with E-state index in [1.54, 1.807) is 17.8 Å². The number of ether oxygens (including phenoxy) is 1.